The molecular formula is C11H15N7O2. The molecule has 0 radical (unpaired) electrons. The van der Waals surface area contributed by atoms with Crippen molar-refractivity contribution in [3.05, 3.63) is 28.7 Å². The summed E-state index contributed by atoms with van der Waals surface area (Å²) < 4.78 is 1.59. The van der Waals surface area contributed by atoms with Crippen LogP contribution in [0, 0.1) is 10.1 Å². The molecule has 2 N–H and O–H groups in total. The highest BCUT2D eigenvalue weighted by atomic mass is 16.6. The molecular weight excluding hydrogens is 262 g/mol. The van der Waals surface area contributed by atoms with E-state index in [0.717, 1.165) is 6.42 Å². The topological polar surface area (TPSA) is 111 Å². The molecule has 2 aromatic heterocycles. The van der Waals surface area contributed by atoms with Crippen LogP contribution in [0.1, 0.15) is 13.3 Å². The van der Waals surface area contributed by atoms with Crippen molar-refractivity contribution in [1.29, 1.82) is 0 Å². The first-order valence-electron chi connectivity index (χ1n) is 6.11. The summed E-state index contributed by atoms with van der Waals surface area (Å²) in [5.41, 5.74) is 0.437. The Labute approximate surface area is 115 Å². The largest absolute Gasteiger partial charge is 0.354 e. The van der Waals surface area contributed by atoms with Gasteiger partial charge in [0.05, 0.1) is 16.8 Å². The van der Waals surface area contributed by atoms with Crippen molar-refractivity contribution in [2.24, 2.45) is 7.05 Å². The Morgan fingerprint density at radius 3 is 2.85 bits per heavy atom. The summed E-state index contributed by atoms with van der Waals surface area (Å²) in [7, 11) is 1.76. The predicted molar refractivity (Wildman–Crippen MR) is 74.0 cm³/mol. The van der Waals surface area contributed by atoms with E-state index in [0.29, 0.717) is 18.2 Å². The lowest BCUT2D eigenvalue weighted by Crippen LogP contribution is -2.07. The third-order valence-corrected chi connectivity index (χ3v) is 2.47. The van der Waals surface area contributed by atoms with E-state index in [1.807, 2.05) is 6.92 Å². The van der Waals surface area contributed by atoms with Crippen LogP contribution in [0.15, 0.2) is 18.6 Å². The monoisotopic (exact) mass is 277 g/mol. The molecule has 20 heavy (non-hydrogen) atoms. The normalized spacial score (nSPS) is 10.3. The zero-order valence-electron chi connectivity index (χ0n) is 11.2. The summed E-state index contributed by atoms with van der Waals surface area (Å²) in [6.07, 6.45) is 5.35. The maximum Gasteiger partial charge on any atom is 0.329 e. The van der Waals surface area contributed by atoms with E-state index in [1.54, 1.807) is 24.1 Å². The number of nitrogens with one attached hydrogen (secondary N) is 2. The van der Waals surface area contributed by atoms with Gasteiger partial charge < -0.3 is 10.6 Å². The number of hydrogen-bond acceptors (Lipinski definition) is 7. The molecule has 0 aliphatic carbocycles. The number of aromatic nitrogens is 4. The molecule has 0 aliphatic heterocycles. The lowest BCUT2D eigenvalue weighted by atomic mass is 10.4. The second kappa shape index (κ2) is 5.95. The first-order valence-corrected chi connectivity index (χ1v) is 6.11. The van der Waals surface area contributed by atoms with E-state index in [2.05, 4.69) is 25.7 Å². The minimum absolute atomic E-state index is 0.136. The Balaban J connectivity index is 2.28. The SMILES string of the molecule is CCCNc1ncc([N+](=O)[O-])c(Nc2cnn(C)c2)n1. The van der Waals surface area contributed by atoms with Crippen LogP contribution < -0.4 is 10.6 Å². The van der Waals surface area contributed by atoms with Gasteiger partial charge in [-0.2, -0.15) is 10.1 Å². The van der Waals surface area contributed by atoms with E-state index in [9.17, 15) is 10.1 Å². The van der Waals surface area contributed by atoms with Crippen LogP contribution in [0.3, 0.4) is 0 Å². The molecule has 0 unspecified atom stereocenters. The maximum atomic E-state index is 11.0. The van der Waals surface area contributed by atoms with Gasteiger partial charge in [-0.15, -0.1) is 0 Å². The number of nitrogens with zero attached hydrogens (tertiary/aromatic N) is 5. The van der Waals surface area contributed by atoms with Gasteiger partial charge in [-0.3, -0.25) is 14.8 Å². The van der Waals surface area contributed by atoms with Crippen LogP contribution in [0.5, 0.6) is 0 Å². The third-order valence-electron chi connectivity index (χ3n) is 2.47. The number of nitro groups is 1. The van der Waals surface area contributed by atoms with E-state index in [4.69, 9.17) is 0 Å². The van der Waals surface area contributed by atoms with E-state index < -0.39 is 4.92 Å². The fourth-order valence-corrected chi connectivity index (χ4v) is 1.55. The van der Waals surface area contributed by atoms with Crippen LogP contribution >= 0.6 is 0 Å². The van der Waals surface area contributed by atoms with Gasteiger partial charge >= 0.3 is 5.69 Å². The molecule has 0 saturated heterocycles. The Bertz CT molecular complexity index is 611. The average Bonchev–Trinajstić information content (AvgIpc) is 2.81. The summed E-state index contributed by atoms with van der Waals surface area (Å²) in [5, 5.41) is 20.8. The molecule has 9 nitrogen and oxygen atoms in total. The Hall–Kier alpha value is -2.71. The number of hydrogen-bond donors (Lipinski definition) is 2. The minimum Gasteiger partial charge on any atom is -0.354 e. The molecule has 0 bridgehead atoms. The van der Waals surface area contributed by atoms with Crippen molar-refractivity contribution < 1.29 is 4.92 Å². The highest BCUT2D eigenvalue weighted by Crippen LogP contribution is 2.25. The highest BCUT2D eigenvalue weighted by Gasteiger charge is 2.17. The summed E-state index contributed by atoms with van der Waals surface area (Å²) >= 11 is 0. The van der Waals surface area contributed by atoms with Gasteiger partial charge in [-0.05, 0) is 6.42 Å². The zero-order chi connectivity index (χ0) is 14.5. The predicted octanol–water partition coefficient (Wildman–Crippen LogP) is 1.68. The van der Waals surface area contributed by atoms with Crippen LogP contribution in [0.25, 0.3) is 0 Å². The van der Waals surface area contributed by atoms with Gasteiger partial charge in [0, 0.05) is 19.8 Å². The molecule has 2 rings (SSSR count). The number of rotatable bonds is 6. The molecule has 0 aromatic carbocycles. The number of aryl methyl sites for hydroxylation is 1. The van der Waals surface area contributed by atoms with E-state index in [1.165, 1.54) is 6.20 Å². The van der Waals surface area contributed by atoms with E-state index in [-0.39, 0.29) is 11.5 Å². The molecule has 0 aliphatic rings. The van der Waals surface area contributed by atoms with Gasteiger partial charge in [0.25, 0.3) is 0 Å². The summed E-state index contributed by atoms with van der Waals surface area (Å²) in [6.45, 7) is 2.71. The van der Waals surface area contributed by atoms with Crippen molar-refractivity contribution in [3.8, 4) is 0 Å². The molecule has 9 heteroatoms. The van der Waals surface area contributed by atoms with Crippen molar-refractivity contribution in [2.75, 3.05) is 17.2 Å². The average molecular weight is 277 g/mol. The second-order valence-electron chi connectivity index (χ2n) is 4.14. The quantitative estimate of drug-likeness (QED) is 0.610. The fourth-order valence-electron chi connectivity index (χ4n) is 1.55. The molecule has 0 saturated carbocycles. The molecule has 2 aromatic rings. The Morgan fingerprint density at radius 1 is 1.45 bits per heavy atom. The van der Waals surface area contributed by atoms with Crippen LogP contribution in [0.2, 0.25) is 0 Å². The maximum absolute atomic E-state index is 11.0. The Kier molecular flexibility index (Phi) is 4.08. The number of anilines is 3. The van der Waals surface area contributed by atoms with Gasteiger partial charge in [0.1, 0.15) is 6.20 Å². The lowest BCUT2D eigenvalue weighted by molar-refractivity contribution is -0.384. The smallest absolute Gasteiger partial charge is 0.329 e. The van der Waals surface area contributed by atoms with Crippen LogP contribution in [-0.2, 0) is 7.05 Å². The van der Waals surface area contributed by atoms with Crippen LogP contribution in [-0.4, -0.2) is 31.2 Å². The summed E-state index contributed by atoms with van der Waals surface area (Å²) in [6, 6.07) is 0. The fraction of sp³-hybridized carbons (Fsp3) is 0.364. The van der Waals surface area contributed by atoms with Crippen molar-refractivity contribution in [2.45, 2.75) is 13.3 Å². The standard InChI is InChI=1S/C11H15N7O2/c1-3-4-12-11-13-6-9(18(19)20)10(16-11)15-8-5-14-17(2)7-8/h5-7H,3-4H2,1-2H3,(H2,12,13,15,16). The van der Waals surface area contributed by atoms with Gasteiger partial charge in [0.15, 0.2) is 0 Å². The van der Waals surface area contributed by atoms with Crippen LogP contribution in [0.4, 0.5) is 23.1 Å². The van der Waals surface area contributed by atoms with Gasteiger partial charge in [0.2, 0.25) is 11.8 Å². The molecule has 0 amide bonds. The molecule has 0 fully saturated rings. The zero-order valence-corrected chi connectivity index (χ0v) is 11.2. The van der Waals surface area contributed by atoms with Gasteiger partial charge in [-0.1, -0.05) is 6.92 Å². The molecule has 0 spiro atoms. The molecule has 106 valence electrons. The first-order chi connectivity index (χ1) is 9.60. The third kappa shape index (κ3) is 3.19. The first kappa shape index (κ1) is 13.7. The second-order valence-corrected chi connectivity index (χ2v) is 4.14. The summed E-state index contributed by atoms with van der Waals surface area (Å²) in [5.74, 6) is 0.487. The minimum atomic E-state index is -0.525. The van der Waals surface area contributed by atoms with Crippen molar-refractivity contribution in [1.82, 2.24) is 19.7 Å². The molecule has 2 heterocycles. The van der Waals surface area contributed by atoms with E-state index >= 15 is 0 Å². The highest BCUT2D eigenvalue weighted by molar-refractivity contribution is 5.65. The molecule has 0 atom stereocenters. The summed E-state index contributed by atoms with van der Waals surface area (Å²) in [4.78, 5) is 18.5. The Morgan fingerprint density at radius 2 is 2.25 bits per heavy atom. The lowest BCUT2D eigenvalue weighted by Gasteiger charge is -2.06. The van der Waals surface area contributed by atoms with Gasteiger partial charge in [-0.25, -0.2) is 4.98 Å². The van der Waals surface area contributed by atoms with Crippen molar-refractivity contribution >= 4 is 23.1 Å². The van der Waals surface area contributed by atoms with Crippen molar-refractivity contribution in [3.63, 3.8) is 0 Å².